The van der Waals surface area contributed by atoms with Crippen LogP contribution in [0.5, 0.6) is 0 Å². The molecule has 0 bridgehead atoms. The van der Waals surface area contributed by atoms with Crippen molar-refractivity contribution in [3.63, 3.8) is 0 Å². The molecule has 3 heteroatoms. The van der Waals surface area contributed by atoms with Gasteiger partial charge in [-0.2, -0.15) is 0 Å². The lowest BCUT2D eigenvalue weighted by atomic mass is 10.2. The highest BCUT2D eigenvalue weighted by Crippen LogP contribution is 2.12. The lowest BCUT2D eigenvalue weighted by Gasteiger charge is -2.26. The summed E-state index contributed by atoms with van der Waals surface area (Å²) in [6.45, 7) is 3.13. The molecule has 0 radical (unpaired) electrons. The topological polar surface area (TPSA) is 35.5 Å². The van der Waals surface area contributed by atoms with Gasteiger partial charge in [0.1, 0.15) is 6.29 Å². The Morgan fingerprint density at radius 2 is 2.09 bits per heavy atom. The van der Waals surface area contributed by atoms with Crippen LogP contribution in [0.2, 0.25) is 0 Å². The van der Waals surface area contributed by atoms with Crippen LogP contribution in [0.3, 0.4) is 0 Å². The predicted octanol–water partition coefficient (Wildman–Crippen LogP) is 0.975. The van der Waals surface area contributed by atoms with Crippen molar-refractivity contribution in [3.05, 3.63) is 0 Å². The van der Waals surface area contributed by atoms with Crippen molar-refractivity contribution in [3.8, 4) is 0 Å². The second kappa shape index (κ2) is 4.46. The van der Waals surface area contributed by atoms with E-state index in [1.165, 1.54) is 0 Å². The molecule has 0 saturated carbocycles. The van der Waals surface area contributed by atoms with Gasteiger partial charge in [0.05, 0.1) is 19.1 Å². The smallest absolute Gasteiger partial charge is 0.157 e. The molecule has 11 heavy (non-hydrogen) atoms. The summed E-state index contributed by atoms with van der Waals surface area (Å²) in [4.78, 5) is 10.3. The zero-order valence-corrected chi connectivity index (χ0v) is 6.79. The summed E-state index contributed by atoms with van der Waals surface area (Å²) >= 11 is 0. The van der Waals surface area contributed by atoms with Gasteiger partial charge in [-0.3, -0.25) is 0 Å². The number of ether oxygens (including phenoxy) is 2. The van der Waals surface area contributed by atoms with Crippen LogP contribution in [0.25, 0.3) is 0 Å². The van der Waals surface area contributed by atoms with Crippen LogP contribution in [-0.2, 0) is 14.3 Å². The van der Waals surface area contributed by atoms with Gasteiger partial charge in [0, 0.05) is 0 Å². The molecule has 1 fully saturated rings. The molecule has 0 aliphatic carbocycles. The van der Waals surface area contributed by atoms with Crippen molar-refractivity contribution >= 4 is 6.29 Å². The van der Waals surface area contributed by atoms with Crippen LogP contribution >= 0.6 is 0 Å². The molecule has 1 heterocycles. The Balaban J connectivity index is 2.18. The Kier molecular flexibility index (Phi) is 3.52. The van der Waals surface area contributed by atoms with E-state index in [1.807, 2.05) is 0 Å². The number of hydrogen-bond acceptors (Lipinski definition) is 3. The fraction of sp³-hybridized carbons (Fsp3) is 0.875. The summed E-state index contributed by atoms with van der Waals surface area (Å²) in [5.74, 6) is -0.0527. The van der Waals surface area contributed by atoms with E-state index in [4.69, 9.17) is 9.47 Å². The molecule has 64 valence electrons. The van der Waals surface area contributed by atoms with E-state index in [2.05, 4.69) is 6.92 Å². The highest BCUT2D eigenvalue weighted by Gasteiger charge is 2.20. The van der Waals surface area contributed by atoms with Gasteiger partial charge in [0.25, 0.3) is 0 Å². The van der Waals surface area contributed by atoms with Crippen molar-refractivity contribution < 1.29 is 14.3 Å². The summed E-state index contributed by atoms with van der Waals surface area (Å²) in [5, 5.41) is 0. The number of aldehydes is 1. The molecule has 0 unspecified atom stereocenters. The highest BCUT2D eigenvalue weighted by molar-refractivity contribution is 5.53. The normalized spacial score (nSPS) is 31.7. The molecule has 1 aliphatic heterocycles. The zero-order chi connectivity index (χ0) is 8.10. The molecule has 0 N–H and O–H groups in total. The molecular formula is C8H14O3. The molecule has 0 amide bonds. The molecule has 0 atom stereocenters. The molecule has 1 saturated heterocycles. The largest absolute Gasteiger partial charge is 0.352 e. The first-order chi connectivity index (χ1) is 5.36. The van der Waals surface area contributed by atoms with Gasteiger partial charge in [0.2, 0.25) is 0 Å². The Bertz CT molecular complexity index is 117. The Morgan fingerprint density at radius 1 is 1.45 bits per heavy atom. The van der Waals surface area contributed by atoms with E-state index >= 15 is 0 Å². The van der Waals surface area contributed by atoms with Crippen molar-refractivity contribution in [1.82, 2.24) is 0 Å². The van der Waals surface area contributed by atoms with Gasteiger partial charge in [-0.25, -0.2) is 0 Å². The first-order valence-electron chi connectivity index (χ1n) is 4.05. The summed E-state index contributed by atoms with van der Waals surface area (Å²) in [6, 6.07) is 0. The van der Waals surface area contributed by atoms with E-state index in [-0.39, 0.29) is 12.2 Å². The molecule has 3 nitrogen and oxygen atoms in total. The highest BCUT2D eigenvalue weighted by atomic mass is 16.7. The number of rotatable bonds is 3. The third kappa shape index (κ3) is 2.60. The van der Waals surface area contributed by atoms with Crippen molar-refractivity contribution in [2.24, 2.45) is 5.92 Å². The van der Waals surface area contributed by atoms with Crippen LogP contribution in [-0.4, -0.2) is 25.8 Å². The maximum absolute atomic E-state index is 10.3. The van der Waals surface area contributed by atoms with Gasteiger partial charge in [-0.05, 0) is 6.42 Å². The van der Waals surface area contributed by atoms with Gasteiger partial charge >= 0.3 is 0 Å². The van der Waals surface area contributed by atoms with Gasteiger partial charge in [-0.1, -0.05) is 13.3 Å². The summed E-state index contributed by atoms with van der Waals surface area (Å²) < 4.78 is 10.5. The fourth-order valence-corrected chi connectivity index (χ4v) is 1.04. The summed E-state index contributed by atoms with van der Waals surface area (Å²) in [6.07, 6.45) is 2.79. The van der Waals surface area contributed by atoms with E-state index in [9.17, 15) is 4.79 Å². The maximum Gasteiger partial charge on any atom is 0.157 e. The number of hydrogen-bond donors (Lipinski definition) is 0. The van der Waals surface area contributed by atoms with Gasteiger partial charge in [-0.15, -0.1) is 0 Å². The Labute approximate surface area is 66.7 Å². The van der Waals surface area contributed by atoms with E-state index in [0.29, 0.717) is 13.2 Å². The molecule has 0 aromatic carbocycles. The van der Waals surface area contributed by atoms with Crippen molar-refractivity contribution in [2.45, 2.75) is 26.1 Å². The zero-order valence-electron chi connectivity index (χ0n) is 6.79. The van der Waals surface area contributed by atoms with Gasteiger partial charge < -0.3 is 14.3 Å². The lowest BCUT2D eigenvalue weighted by molar-refractivity contribution is -0.199. The number of carbonyl (C=O) groups is 1. The lowest BCUT2D eigenvalue weighted by Crippen LogP contribution is -2.32. The number of carbonyl (C=O) groups excluding carboxylic acids is 1. The SMILES string of the molecule is CCCC1OCC(C=O)CO1. The Morgan fingerprint density at radius 3 is 2.55 bits per heavy atom. The van der Waals surface area contributed by atoms with Gasteiger partial charge in [0.15, 0.2) is 6.29 Å². The fourth-order valence-electron chi connectivity index (χ4n) is 1.04. The minimum atomic E-state index is -0.0730. The third-order valence-corrected chi connectivity index (χ3v) is 1.71. The van der Waals surface area contributed by atoms with Crippen LogP contribution in [0.4, 0.5) is 0 Å². The van der Waals surface area contributed by atoms with Crippen molar-refractivity contribution in [2.75, 3.05) is 13.2 Å². The van der Waals surface area contributed by atoms with E-state index in [0.717, 1.165) is 19.1 Å². The molecule has 1 rings (SSSR count). The third-order valence-electron chi connectivity index (χ3n) is 1.71. The average molecular weight is 158 g/mol. The van der Waals surface area contributed by atoms with E-state index < -0.39 is 0 Å². The van der Waals surface area contributed by atoms with Crippen LogP contribution in [0.15, 0.2) is 0 Å². The molecule has 1 aliphatic rings. The molecule has 0 aromatic rings. The molecular weight excluding hydrogens is 144 g/mol. The predicted molar refractivity (Wildman–Crippen MR) is 40.2 cm³/mol. The summed E-state index contributed by atoms with van der Waals surface area (Å²) in [7, 11) is 0. The quantitative estimate of drug-likeness (QED) is 0.574. The first kappa shape index (κ1) is 8.68. The van der Waals surface area contributed by atoms with Crippen LogP contribution < -0.4 is 0 Å². The maximum atomic E-state index is 10.3. The average Bonchev–Trinajstić information content (AvgIpc) is 2.07. The monoisotopic (exact) mass is 158 g/mol. The van der Waals surface area contributed by atoms with Crippen molar-refractivity contribution in [1.29, 1.82) is 0 Å². The Hall–Kier alpha value is -0.410. The first-order valence-corrected chi connectivity index (χ1v) is 4.05. The molecule has 0 aromatic heterocycles. The summed E-state index contributed by atoms with van der Waals surface area (Å²) in [5.41, 5.74) is 0. The van der Waals surface area contributed by atoms with E-state index in [1.54, 1.807) is 0 Å². The second-order valence-corrected chi connectivity index (χ2v) is 2.78. The van der Waals surface area contributed by atoms with Crippen LogP contribution in [0, 0.1) is 5.92 Å². The second-order valence-electron chi connectivity index (χ2n) is 2.78. The minimum absolute atomic E-state index is 0.0527. The molecule has 0 spiro atoms. The minimum Gasteiger partial charge on any atom is -0.352 e. The standard InChI is InChI=1S/C8H14O3/c1-2-3-8-10-5-7(4-9)6-11-8/h4,7-8H,2-3,5-6H2,1H3. The van der Waals surface area contributed by atoms with Crippen LogP contribution in [0.1, 0.15) is 19.8 Å².